The first-order valence-corrected chi connectivity index (χ1v) is 8.22. The number of carbonyl (C=O) groups is 1. The molecule has 1 aromatic rings. The van der Waals surface area contributed by atoms with E-state index in [4.69, 9.17) is 4.74 Å². The molecule has 1 aromatic carbocycles. The molecule has 0 heterocycles. The van der Waals surface area contributed by atoms with Crippen LogP contribution in [0.25, 0.3) is 0 Å². The van der Waals surface area contributed by atoms with Gasteiger partial charge in [0.15, 0.2) is 6.10 Å². The van der Waals surface area contributed by atoms with Crippen molar-refractivity contribution < 1.29 is 9.53 Å². The number of carbonyl (C=O) groups excluding carboxylic acids is 1. The van der Waals surface area contributed by atoms with Crippen LogP contribution in [-0.2, 0) is 17.6 Å². The highest BCUT2D eigenvalue weighted by atomic mass is 16.5. The lowest BCUT2D eigenvalue weighted by Gasteiger charge is -2.21. The van der Waals surface area contributed by atoms with Crippen LogP contribution in [0.4, 0.5) is 0 Å². The van der Waals surface area contributed by atoms with Crippen LogP contribution in [0.1, 0.15) is 57.6 Å². The molecule has 2 atom stereocenters. The third-order valence-corrected chi connectivity index (χ3v) is 4.26. The van der Waals surface area contributed by atoms with Crippen molar-refractivity contribution in [3.63, 3.8) is 0 Å². The fourth-order valence-corrected chi connectivity index (χ4v) is 2.71. The molecule has 3 nitrogen and oxygen atoms in total. The highest BCUT2D eigenvalue weighted by Crippen LogP contribution is 2.26. The van der Waals surface area contributed by atoms with E-state index in [0.717, 1.165) is 18.6 Å². The summed E-state index contributed by atoms with van der Waals surface area (Å²) in [4.78, 5) is 12.2. The molecule has 116 valence electrons. The highest BCUT2D eigenvalue weighted by Gasteiger charge is 2.20. The SMILES string of the molecule is CCC(C)NC(=O)C(CC)Oc1ccc2c(c1)CCCC2. The summed E-state index contributed by atoms with van der Waals surface area (Å²) in [7, 11) is 0. The minimum absolute atomic E-state index is 0.00966. The minimum atomic E-state index is -0.402. The lowest BCUT2D eigenvalue weighted by Crippen LogP contribution is -2.42. The number of benzene rings is 1. The van der Waals surface area contributed by atoms with Crippen molar-refractivity contribution in [3.8, 4) is 5.75 Å². The largest absolute Gasteiger partial charge is 0.481 e. The Balaban J connectivity index is 2.02. The second-order valence-electron chi connectivity index (χ2n) is 5.97. The normalized spacial score (nSPS) is 16.7. The van der Waals surface area contributed by atoms with E-state index < -0.39 is 6.10 Å². The first kappa shape index (κ1) is 15.9. The van der Waals surface area contributed by atoms with Gasteiger partial charge in [-0.2, -0.15) is 0 Å². The quantitative estimate of drug-likeness (QED) is 0.868. The van der Waals surface area contributed by atoms with E-state index in [1.807, 2.05) is 19.9 Å². The molecule has 21 heavy (non-hydrogen) atoms. The Labute approximate surface area is 128 Å². The Kier molecular flexibility index (Phi) is 5.66. The predicted molar refractivity (Wildman–Crippen MR) is 85.7 cm³/mol. The van der Waals surface area contributed by atoms with Gasteiger partial charge >= 0.3 is 0 Å². The molecule has 3 heteroatoms. The summed E-state index contributed by atoms with van der Waals surface area (Å²) in [5.74, 6) is 0.811. The van der Waals surface area contributed by atoms with E-state index in [1.165, 1.54) is 30.4 Å². The third-order valence-electron chi connectivity index (χ3n) is 4.26. The van der Waals surface area contributed by atoms with E-state index in [2.05, 4.69) is 24.4 Å². The maximum Gasteiger partial charge on any atom is 0.261 e. The first-order chi connectivity index (χ1) is 10.1. The summed E-state index contributed by atoms with van der Waals surface area (Å²) < 4.78 is 5.92. The van der Waals surface area contributed by atoms with Crippen LogP contribution in [0.2, 0.25) is 0 Å². The molecule has 0 saturated carbocycles. The van der Waals surface area contributed by atoms with Crippen LogP contribution in [0, 0.1) is 0 Å². The molecule has 1 aliphatic carbocycles. The second kappa shape index (κ2) is 7.48. The molecule has 0 bridgehead atoms. The Hall–Kier alpha value is -1.51. The number of nitrogens with one attached hydrogen (secondary N) is 1. The van der Waals surface area contributed by atoms with Gasteiger partial charge in [-0.3, -0.25) is 4.79 Å². The van der Waals surface area contributed by atoms with Crippen molar-refractivity contribution >= 4 is 5.91 Å². The molecule has 1 amide bonds. The average molecular weight is 289 g/mol. The first-order valence-electron chi connectivity index (χ1n) is 8.22. The van der Waals surface area contributed by atoms with Gasteiger partial charge in [0.05, 0.1) is 0 Å². The van der Waals surface area contributed by atoms with Gasteiger partial charge in [-0.05, 0) is 68.7 Å². The van der Waals surface area contributed by atoms with Gasteiger partial charge in [0, 0.05) is 6.04 Å². The molecule has 0 spiro atoms. The van der Waals surface area contributed by atoms with Crippen LogP contribution >= 0.6 is 0 Å². The van der Waals surface area contributed by atoms with Gasteiger partial charge < -0.3 is 10.1 Å². The Morgan fingerprint density at radius 1 is 1.19 bits per heavy atom. The van der Waals surface area contributed by atoms with Gasteiger partial charge in [-0.15, -0.1) is 0 Å². The molecule has 0 saturated heterocycles. The maximum absolute atomic E-state index is 12.2. The van der Waals surface area contributed by atoms with E-state index in [0.29, 0.717) is 6.42 Å². The number of ether oxygens (including phenoxy) is 1. The summed E-state index contributed by atoms with van der Waals surface area (Å²) in [6.07, 6.45) is 6.04. The molecule has 0 aromatic heterocycles. The molecule has 0 fully saturated rings. The van der Waals surface area contributed by atoms with Crippen molar-refractivity contribution in [2.24, 2.45) is 0 Å². The van der Waals surface area contributed by atoms with Crippen molar-refractivity contribution in [3.05, 3.63) is 29.3 Å². The third kappa shape index (κ3) is 4.23. The van der Waals surface area contributed by atoms with Crippen LogP contribution in [-0.4, -0.2) is 18.1 Å². The fraction of sp³-hybridized carbons (Fsp3) is 0.611. The number of rotatable bonds is 6. The van der Waals surface area contributed by atoms with Gasteiger partial charge in [0.2, 0.25) is 0 Å². The molecule has 0 aliphatic heterocycles. The summed E-state index contributed by atoms with van der Waals surface area (Å²) in [5.41, 5.74) is 2.82. The maximum atomic E-state index is 12.2. The van der Waals surface area contributed by atoms with Crippen molar-refractivity contribution in [1.29, 1.82) is 0 Å². The Bertz CT molecular complexity index is 484. The van der Waals surface area contributed by atoms with Gasteiger partial charge in [0.1, 0.15) is 5.75 Å². The smallest absolute Gasteiger partial charge is 0.261 e. The number of hydrogen-bond donors (Lipinski definition) is 1. The van der Waals surface area contributed by atoms with Crippen molar-refractivity contribution in [2.75, 3.05) is 0 Å². The molecule has 1 aliphatic rings. The van der Waals surface area contributed by atoms with Crippen LogP contribution < -0.4 is 10.1 Å². The van der Waals surface area contributed by atoms with E-state index in [9.17, 15) is 4.79 Å². The van der Waals surface area contributed by atoms with Gasteiger partial charge in [0.25, 0.3) is 5.91 Å². The number of hydrogen-bond acceptors (Lipinski definition) is 2. The molecule has 1 N–H and O–H groups in total. The molecule has 0 radical (unpaired) electrons. The average Bonchev–Trinajstić information content (AvgIpc) is 2.52. The lowest BCUT2D eigenvalue weighted by molar-refractivity contribution is -0.128. The Morgan fingerprint density at radius 3 is 2.57 bits per heavy atom. The summed E-state index contributed by atoms with van der Waals surface area (Å²) in [5, 5.41) is 3.00. The number of aryl methyl sites for hydroxylation is 2. The van der Waals surface area contributed by atoms with Crippen LogP contribution in [0.15, 0.2) is 18.2 Å². The zero-order valence-corrected chi connectivity index (χ0v) is 13.4. The summed E-state index contributed by atoms with van der Waals surface area (Å²) >= 11 is 0. The Morgan fingerprint density at radius 2 is 1.90 bits per heavy atom. The topological polar surface area (TPSA) is 38.3 Å². The lowest BCUT2D eigenvalue weighted by atomic mass is 9.92. The zero-order valence-electron chi connectivity index (χ0n) is 13.4. The number of fused-ring (bicyclic) bond motifs is 1. The van der Waals surface area contributed by atoms with E-state index in [-0.39, 0.29) is 11.9 Å². The summed E-state index contributed by atoms with van der Waals surface area (Å²) in [6, 6.07) is 6.47. The van der Waals surface area contributed by atoms with Crippen LogP contribution in [0.5, 0.6) is 5.75 Å². The number of amides is 1. The van der Waals surface area contributed by atoms with E-state index in [1.54, 1.807) is 0 Å². The molecular formula is C18H27NO2. The standard InChI is InChI=1S/C18H27NO2/c1-4-13(3)19-18(20)17(5-2)21-16-11-10-14-8-6-7-9-15(14)12-16/h10-13,17H,4-9H2,1-3H3,(H,19,20). The fourth-order valence-electron chi connectivity index (χ4n) is 2.71. The minimum Gasteiger partial charge on any atom is -0.481 e. The van der Waals surface area contributed by atoms with E-state index >= 15 is 0 Å². The van der Waals surface area contributed by atoms with Gasteiger partial charge in [-0.1, -0.05) is 19.9 Å². The van der Waals surface area contributed by atoms with Gasteiger partial charge in [-0.25, -0.2) is 0 Å². The summed E-state index contributed by atoms with van der Waals surface area (Å²) in [6.45, 7) is 6.07. The predicted octanol–water partition coefficient (Wildman–Crippen LogP) is 3.64. The molecular weight excluding hydrogens is 262 g/mol. The monoisotopic (exact) mass is 289 g/mol. The zero-order chi connectivity index (χ0) is 15.2. The van der Waals surface area contributed by atoms with Crippen molar-refractivity contribution in [2.45, 2.75) is 71.4 Å². The van der Waals surface area contributed by atoms with Crippen molar-refractivity contribution in [1.82, 2.24) is 5.32 Å². The highest BCUT2D eigenvalue weighted by molar-refractivity contribution is 5.81. The van der Waals surface area contributed by atoms with Crippen LogP contribution in [0.3, 0.4) is 0 Å². The molecule has 2 rings (SSSR count). The molecule has 2 unspecified atom stereocenters. The second-order valence-corrected chi connectivity index (χ2v) is 5.97.